The molecule has 0 aromatic heterocycles. The van der Waals surface area contributed by atoms with E-state index in [1.165, 1.54) is 0 Å². The van der Waals surface area contributed by atoms with E-state index >= 15 is 0 Å². The van der Waals surface area contributed by atoms with E-state index in [1.54, 1.807) is 0 Å². The van der Waals surface area contributed by atoms with Gasteiger partial charge in [0.15, 0.2) is 0 Å². The van der Waals surface area contributed by atoms with E-state index in [0.717, 1.165) is 0 Å². The van der Waals surface area contributed by atoms with Gasteiger partial charge in [0, 0.05) is 65.6 Å². The second kappa shape index (κ2) is 53.7. The van der Waals surface area contributed by atoms with Gasteiger partial charge in [0.05, 0.1) is 0 Å². The van der Waals surface area contributed by atoms with Gasteiger partial charge >= 0.3 is 0 Å². The Balaban J connectivity index is 0. The van der Waals surface area contributed by atoms with E-state index in [1.807, 2.05) is 0 Å². The molecule has 0 bridgehead atoms. The van der Waals surface area contributed by atoms with Crippen molar-refractivity contribution < 1.29 is 54.6 Å². The molecule has 0 amide bonds. The van der Waals surface area contributed by atoms with Crippen LogP contribution < -0.4 is 0 Å². The van der Waals surface area contributed by atoms with Crippen molar-refractivity contribution in [1.29, 1.82) is 0 Å². The molecule has 0 aromatic carbocycles. The van der Waals surface area contributed by atoms with Crippen LogP contribution in [0, 0.1) is 0 Å². The summed E-state index contributed by atoms with van der Waals surface area (Å²) in [5, 5.41) is 0. The van der Waals surface area contributed by atoms with Crippen LogP contribution in [-0.2, 0) is 54.6 Å². The Kier molecular flexibility index (Phi) is 732. The van der Waals surface area contributed by atoms with Gasteiger partial charge in [-0.1, -0.05) is 7.43 Å². The van der Waals surface area contributed by atoms with Gasteiger partial charge in [0.1, 0.15) is 0 Å². The molecule has 6 heavy (non-hydrogen) atoms. The fraction of sp³-hybridized carbons (Fsp3) is 1.00. The van der Waals surface area contributed by atoms with Crippen LogP contribution in [0.25, 0.3) is 0 Å². The van der Waals surface area contributed by atoms with Crippen LogP contribution >= 0.6 is 9.90 Å². The smallest absolute Gasteiger partial charge is 0 e. The van der Waals surface area contributed by atoms with Crippen LogP contribution in [0.3, 0.4) is 0 Å². The van der Waals surface area contributed by atoms with Crippen molar-refractivity contribution in [2.45, 2.75) is 7.43 Å². The van der Waals surface area contributed by atoms with Gasteiger partial charge in [-0.15, -0.1) is 0 Å². The van der Waals surface area contributed by atoms with E-state index in [-0.39, 0.29) is 82.9 Å². The zero-order valence-corrected chi connectivity index (χ0v) is 8.90. The van der Waals surface area contributed by atoms with Gasteiger partial charge in [0.2, 0.25) is 0 Å². The van der Waals surface area contributed by atoms with E-state index < -0.39 is 0 Å². The van der Waals surface area contributed by atoms with Crippen molar-refractivity contribution in [3.05, 3.63) is 0 Å². The van der Waals surface area contributed by atoms with Crippen LogP contribution in [0.1, 0.15) is 7.43 Å². The molecule has 0 rings (SSSR count). The summed E-state index contributed by atoms with van der Waals surface area (Å²) in [7, 11) is 0. The second-order valence-electron chi connectivity index (χ2n) is 0. The minimum atomic E-state index is 0. The van der Waals surface area contributed by atoms with Crippen LogP contribution in [0.2, 0.25) is 0 Å². The normalized spacial score (nSPS) is 0. The molecular weight excluding hydrogens is 281 g/mol. The molecule has 0 N–H and O–H groups in total. The van der Waals surface area contributed by atoms with Gasteiger partial charge in [-0.25, -0.2) is 0 Å². The average molecular weight is 288 g/mol. The predicted octanol–water partition coefficient (Wildman–Crippen LogP) is 0.306. The summed E-state index contributed by atoms with van der Waals surface area (Å²) in [4.78, 5) is 0. The summed E-state index contributed by atoms with van der Waals surface area (Å²) < 4.78 is 0. The van der Waals surface area contributed by atoms with Gasteiger partial charge in [-0.2, -0.15) is 9.90 Å². The first-order chi connectivity index (χ1) is 0. The summed E-state index contributed by atoms with van der Waals surface area (Å²) in [6.07, 6.45) is 0. The first-order valence-corrected chi connectivity index (χ1v) is 0. The zero-order chi connectivity index (χ0) is 0. The molecule has 0 spiro atoms. The van der Waals surface area contributed by atoms with Crippen LogP contribution in [0.5, 0.6) is 0 Å². The number of hydrogen-bond donors (Lipinski definition) is 0. The second-order valence-corrected chi connectivity index (χ2v) is 0. The minimum absolute atomic E-state index is 0. The number of rotatable bonds is 0. The zero-order valence-electron chi connectivity index (χ0n) is 2.31. The molecule has 0 fully saturated rings. The van der Waals surface area contributed by atoms with Crippen LogP contribution in [0.15, 0.2) is 0 Å². The molecule has 0 saturated heterocycles. The third kappa shape index (κ3) is 32.9. The summed E-state index contributed by atoms with van der Waals surface area (Å²) in [5.74, 6) is 0. The average Bonchev–Trinajstić information content (AvgIpc) is 0. The molecule has 0 aliphatic rings. The fourth-order valence-electron chi connectivity index (χ4n) is 0. The molecule has 1 unspecified atom stereocenters. The molecule has 0 nitrogen and oxygen atoms in total. The summed E-state index contributed by atoms with van der Waals surface area (Å²) >= 11 is 0. The van der Waals surface area contributed by atoms with E-state index in [9.17, 15) is 0 Å². The Morgan fingerprint density at radius 1 is 1.00 bits per heavy atom. The van der Waals surface area contributed by atoms with Gasteiger partial charge in [0.25, 0.3) is 0 Å². The minimum Gasteiger partial charge on any atom is -0.153 e. The predicted molar refractivity (Wildman–Crippen MR) is 23.6 cm³/mol. The summed E-state index contributed by atoms with van der Waals surface area (Å²) in [6.45, 7) is 0. The quantitative estimate of drug-likeness (QED) is 0.444. The van der Waals surface area contributed by atoms with Crippen LogP contribution in [-0.4, -0.2) is 11.0 Å². The van der Waals surface area contributed by atoms with Crippen molar-refractivity contribution in [2.75, 3.05) is 0 Å². The molecule has 5 radical (unpaired) electrons. The van der Waals surface area contributed by atoms with E-state index in [2.05, 4.69) is 0 Å². The third-order valence-corrected chi connectivity index (χ3v) is 0. The summed E-state index contributed by atoms with van der Waals surface area (Å²) in [6, 6.07) is 0. The first-order valence-electron chi connectivity index (χ1n) is 0. The molecule has 0 aliphatic carbocycles. The van der Waals surface area contributed by atoms with Gasteiger partial charge in [-0.3, -0.25) is 0 Å². The molecule has 5 heteroatoms. The molecule has 0 aromatic rings. The molecule has 43 valence electrons. The molecule has 1 atom stereocenters. The SMILES string of the molecule is C.P.[Mn].[Mo].[Ni].[Si]. The Labute approximate surface area is 82.3 Å². The van der Waals surface area contributed by atoms with Crippen molar-refractivity contribution in [3.8, 4) is 0 Å². The van der Waals surface area contributed by atoms with Crippen LogP contribution in [0.4, 0.5) is 0 Å². The van der Waals surface area contributed by atoms with Crippen molar-refractivity contribution in [3.63, 3.8) is 0 Å². The number of hydrogen-bond acceptors (Lipinski definition) is 0. The standard InChI is InChI=1S/CH4.Mn.Mo.Ni.H3P.Si/h1H4;;;;1H3;. The Hall–Kier alpha value is 2.35. The largest absolute Gasteiger partial charge is 0.153 e. The third-order valence-electron chi connectivity index (χ3n) is 0. The van der Waals surface area contributed by atoms with Gasteiger partial charge < -0.3 is 0 Å². The Morgan fingerprint density at radius 2 is 1.00 bits per heavy atom. The molecule has 0 saturated carbocycles. The maximum atomic E-state index is 0. The van der Waals surface area contributed by atoms with E-state index in [4.69, 9.17) is 0 Å². The molecule has 0 aliphatic heterocycles. The monoisotopic (exact) mass is 289 g/mol. The Morgan fingerprint density at radius 3 is 1.00 bits per heavy atom. The summed E-state index contributed by atoms with van der Waals surface area (Å²) in [5.41, 5.74) is 0. The van der Waals surface area contributed by atoms with Crippen molar-refractivity contribution in [2.24, 2.45) is 0 Å². The molecular formula is CH7MnMoNiPSi. The van der Waals surface area contributed by atoms with Gasteiger partial charge in [-0.05, 0) is 0 Å². The van der Waals surface area contributed by atoms with E-state index in [0.29, 0.717) is 0 Å². The van der Waals surface area contributed by atoms with Crippen molar-refractivity contribution in [1.82, 2.24) is 0 Å². The Bertz CT molecular complexity index is 15.5. The topological polar surface area (TPSA) is 0 Å². The fourth-order valence-corrected chi connectivity index (χ4v) is 0. The van der Waals surface area contributed by atoms with Crippen molar-refractivity contribution >= 4 is 20.9 Å². The molecule has 0 heterocycles. The maximum Gasteiger partial charge on any atom is 0 e. The first kappa shape index (κ1) is 81.8. The maximum absolute atomic E-state index is 0.